The summed E-state index contributed by atoms with van der Waals surface area (Å²) in [5.41, 5.74) is -3.20. The minimum atomic E-state index is -4.92. The molecule has 0 unspecified atom stereocenters. The topological polar surface area (TPSA) is 43.4 Å². The van der Waals surface area contributed by atoms with E-state index in [1.165, 1.54) is 4.90 Å². The lowest BCUT2D eigenvalue weighted by Gasteiger charge is -2.25. The highest BCUT2D eigenvalue weighted by Crippen LogP contribution is 2.38. The average Bonchev–Trinajstić information content (AvgIpc) is 3.03. The molecule has 1 aromatic heterocycles. The van der Waals surface area contributed by atoms with Gasteiger partial charge in [-0.3, -0.25) is 0 Å². The highest BCUT2D eigenvalue weighted by molar-refractivity contribution is 5.58. The van der Waals surface area contributed by atoms with E-state index < -0.39 is 23.5 Å². The van der Waals surface area contributed by atoms with Crippen LogP contribution in [0, 0.1) is 5.92 Å². The van der Waals surface area contributed by atoms with Crippen LogP contribution in [-0.2, 0) is 18.9 Å². The second-order valence-electron chi connectivity index (χ2n) is 6.92. The fourth-order valence-electron chi connectivity index (χ4n) is 3.09. The van der Waals surface area contributed by atoms with E-state index in [1.807, 2.05) is 0 Å². The maximum atomic E-state index is 13.0. The molecule has 1 aliphatic rings. The summed E-state index contributed by atoms with van der Waals surface area (Å²) in [5.74, 6) is 0.546. The van der Waals surface area contributed by atoms with Gasteiger partial charge in [-0.25, -0.2) is 0 Å². The predicted molar refractivity (Wildman–Crippen MR) is 82.5 cm³/mol. The molecule has 0 radical (unpaired) electrons. The molecule has 1 fully saturated rings. The molecule has 3 rings (SSSR count). The SMILES string of the molecule is CC1CC[NH+](Cc2nc(-c3cc(C(F)(F)F)cc(C(F)(F)F)c3)no2)CC1. The van der Waals surface area contributed by atoms with Crippen LogP contribution >= 0.6 is 0 Å². The average molecular weight is 394 g/mol. The van der Waals surface area contributed by atoms with Crippen LogP contribution in [0.25, 0.3) is 11.4 Å². The van der Waals surface area contributed by atoms with Crippen LogP contribution in [0.4, 0.5) is 26.3 Å². The van der Waals surface area contributed by atoms with Crippen molar-refractivity contribution in [2.75, 3.05) is 13.1 Å². The highest BCUT2D eigenvalue weighted by Gasteiger charge is 2.37. The van der Waals surface area contributed by atoms with Crippen LogP contribution in [0.5, 0.6) is 0 Å². The van der Waals surface area contributed by atoms with Gasteiger partial charge >= 0.3 is 12.4 Å². The summed E-state index contributed by atoms with van der Waals surface area (Å²) in [6, 6.07) is 1.27. The number of hydrogen-bond donors (Lipinski definition) is 1. The number of nitrogens with one attached hydrogen (secondary N) is 1. The third kappa shape index (κ3) is 4.79. The first-order chi connectivity index (χ1) is 12.5. The molecule has 1 saturated heterocycles. The highest BCUT2D eigenvalue weighted by atomic mass is 19.4. The zero-order chi connectivity index (χ0) is 19.8. The van der Waals surface area contributed by atoms with Crippen LogP contribution in [-0.4, -0.2) is 23.2 Å². The first kappa shape index (κ1) is 19.7. The van der Waals surface area contributed by atoms with Gasteiger partial charge in [0.25, 0.3) is 5.89 Å². The van der Waals surface area contributed by atoms with Crippen molar-refractivity contribution in [1.82, 2.24) is 10.1 Å². The largest absolute Gasteiger partial charge is 0.416 e. The molecule has 2 aromatic rings. The summed E-state index contributed by atoms with van der Waals surface area (Å²) in [4.78, 5) is 5.20. The van der Waals surface area contributed by atoms with E-state index in [-0.39, 0.29) is 23.3 Å². The Labute approximate surface area is 151 Å². The Balaban J connectivity index is 1.86. The number of alkyl halides is 6. The number of benzene rings is 1. The summed E-state index contributed by atoms with van der Waals surface area (Å²) < 4.78 is 82.8. The lowest BCUT2D eigenvalue weighted by atomic mass is 9.99. The number of quaternary nitrogens is 1. The molecule has 1 N–H and O–H groups in total. The van der Waals surface area contributed by atoms with Crippen LogP contribution in [0.2, 0.25) is 0 Å². The quantitative estimate of drug-likeness (QED) is 0.810. The number of nitrogens with zero attached hydrogens (tertiary/aromatic N) is 2. The molecule has 1 aliphatic heterocycles. The number of aromatic nitrogens is 2. The number of halogens is 6. The lowest BCUT2D eigenvalue weighted by molar-refractivity contribution is -0.921. The van der Waals surface area contributed by atoms with Gasteiger partial charge in [0.2, 0.25) is 5.82 Å². The molecule has 2 heterocycles. The fraction of sp³-hybridized carbons (Fsp3) is 0.529. The van der Waals surface area contributed by atoms with Gasteiger partial charge in [0.05, 0.1) is 24.2 Å². The maximum Gasteiger partial charge on any atom is 0.416 e. The number of likely N-dealkylation sites (tertiary alicyclic amines) is 1. The Morgan fingerprint density at radius 3 is 2.07 bits per heavy atom. The zero-order valence-electron chi connectivity index (χ0n) is 14.4. The summed E-state index contributed by atoms with van der Waals surface area (Å²) in [6.07, 6.45) is -7.76. The minimum Gasteiger partial charge on any atom is -0.333 e. The van der Waals surface area contributed by atoms with E-state index in [0.29, 0.717) is 24.6 Å². The van der Waals surface area contributed by atoms with Crippen molar-refractivity contribution < 1.29 is 35.8 Å². The molecule has 0 aliphatic carbocycles. The van der Waals surface area contributed by atoms with Crippen molar-refractivity contribution in [3.63, 3.8) is 0 Å². The van der Waals surface area contributed by atoms with Crippen LogP contribution in [0.15, 0.2) is 22.7 Å². The third-order valence-electron chi connectivity index (χ3n) is 4.70. The molecule has 4 nitrogen and oxygen atoms in total. The maximum absolute atomic E-state index is 13.0. The number of rotatable bonds is 3. The second kappa shape index (κ2) is 7.14. The summed E-state index contributed by atoms with van der Waals surface area (Å²) in [5, 5.41) is 3.58. The van der Waals surface area contributed by atoms with E-state index in [2.05, 4.69) is 17.1 Å². The van der Waals surface area contributed by atoms with Gasteiger partial charge in [-0.2, -0.15) is 31.3 Å². The Morgan fingerprint density at radius 2 is 1.56 bits per heavy atom. The van der Waals surface area contributed by atoms with Gasteiger partial charge in [0.1, 0.15) is 0 Å². The van der Waals surface area contributed by atoms with Crippen LogP contribution in [0.3, 0.4) is 0 Å². The molecule has 0 saturated carbocycles. The third-order valence-corrected chi connectivity index (χ3v) is 4.70. The van der Waals surface area contributed by atoms with Gasteiger partial charge in [0, 0.05) is 5.56 Å². The standard InChI is InChI=1S/C17H17F6N3O/c1-10-2-4-26(5-3-10)9-14-24-15(25-27-14)11-6-12(16(18,19)20)8-13(7-11)17(21,22)23/h6-8,10H,2-5,9H2,1H3/p+1. The first-order valence-corrected chi connectivity index (χ1v) is 8.48. The van der Waals surface area contributed by atoms with E-state index >= 15 is 0 Å². The monoisotopic (exact) mass is 394 g/mol. The Morgan fingerprint density at radius 1 is 1.00 bits per heavy atom. The van der Waals surface area contributed by atoms with Crippen molar-refractivity contribution in [1.29, 1.82) is 0 Å². The number of piperidine rings is 1. The number of hydrogen-bond acceptors (Lipinski definition) is 3. The normalized spacial score (nSPS) is 21.4. The molecule has 0 atom stereocenters. The Kier molecular flexibility index (Phi) is 5.20. The minimum absolute atomic E-state index is 0.0730. The predicted octanol–water partition coefficient (Wildman–Crippen LogP) is 3.59. The van der Waals surface area contributed by atoms with Crippen molar-refractivity contribution in [3.05, 3.63) is 35.2 Å². The van der Waals surface area contributed by atoms with Gasteiger partial charge < -0.3 is 9.42 Å². The summed E-state index contributed by atoms with van der Waals surface area (Å²) >= 11 is 0. The first-order valence-electron chi connectivity index (χ1n) is 8.48. The van der Waals surface area contributed by atoms with E-state index in [9.17, 15) is 26.3 Å². The molecule has 1 aromatic carbocycles. The van der Waals surface area contributed by atoms with E-state index in [1.54, 1.807) is 0 Å². The molecular weight excluding hydrogens is 376 g/mol. The molecular formula is C17H18F6N3O+. The van der Waals surface area contributed by atoms with E-state index in [4.69, 9.17) is 4.52 Å². The van der Waals surface area contributed by atoms with Crippen molar-refractivity contribution in [3.8, 4) is 11.4 Å². The Hall–Kier alpha value is -2.10. The molecule has 0 amide bonds. The lowest BCUT2D eigenvalue weighted by Crippen LogP contribution is -3.11. The molecule has 148 valence electrons. The summed E-state index contributed by atoms with van der Waals surface area (Å²) in [7, 11) is 0. The van der Waals surface area contributed by atoms with Crippen molar-refractivity contribution >= 4 is 0 Å². The Bertz CT molecular complexity index is 758. The molecule has 27 heavy (non-hydrogen) atoms. The van der Waals surface area contributed by atoms with Crippen molar-refractivity contribution in [2.45, 2.75) is 38.7 Å². The smallest absolute Gasteiger partial charge is 0.333 e. The van der Waals surface area contributed by atoms with Crippen LogP contribution in [0.1, 0.15) is 36.8 Å². The van der Waals surface area contributed by atoms with E-state index in [0.717, 1.165) is 25.9 Å². The van der Waals surface area contributed by atoms with Gasteiger partial charge in [-0.1, -0.05) is 12.1 Å². The molecule has 0 bridgehead atoms. The molecule has 10 heteroatoms. The fourth-order valence-corrected chi connectivity index (χ4v) is 3.09. The molecule has 0 spiro atoms. The van der Waals surface area contributed by atoms with Gasteiger partial charge in [-0.05, 0) is 37.0 Å². The van der Waals surface area contributed by atoms with Crippen LogP contribution < -0.4 is 4.90 Å². The van der Waals surface area contributed by atoms with Crippen molar-refractivity contribution in [2.24, 2.45) is 5.92 Å². The zero-order valence-corrected chi connectivity index (χ0v) is 14.4. The van der Waals surface area contributed by atoms with Gasteiger partial charge in [-0.15, -0.1) is 0 Å². The summed E-state index contributed by atoms with van der Waals surface area (Å²) in [6.45, 7) is 4.36. The second-order valence-corrected chi connectivity index (χ2v) is 6.92. The van der Waals surface area contributed by atoms with Gasteiger partial charge in [0.15, 0.2) is 6.54 Å².